The lowest BCUT2D eigenvalue weighted by Gasteiger charge is -2.15. The Morgan fingerprint density at radius 2 is 1.41 bits per heavy atom. The summed E-state index contributed by atoms with van der Waals surface area (Å²) >= 11 is 6.08. The van der Waals surface area contributed by atoms with Crippen LogP contribution in [0.25, 0.3) is 11.1 Å². The van der Waals surface area contributed by atoms with E-state index >= 15 is 0 Å². The highest BCUT2D eigenvalue weighted by molar-refractivity contribution is 7.90. The molecule has 0 aliphatic heterocycles. The van der Waals surface area contributed by atoms with Crippen LogP contribution in [0.15, 0.2) is 126 Å². The Hall–Kier alpha value is -4.91. The quantitative estimate of drug-likeness (QED) is 0.0526. The lowest BCUT2D eigenvalue weighted by Crippen LogP contribution is -2.30. The van der Waals surface area contributed by atoms with Gasteiger partial charge in [0.1, 0.15) is 11.5 Å². The highest BCUT2D eigenvalue weighted by atomic mass is 35.5. The highest BCUT2D eigenvalue weighted by Crippen LogP contribution is 2.29. The molecule has 266 valence electrons. The van der Waals surface area contributed by atoms with Crippen molar-refractivity contribution >= 4 is 38.9 Å². The molecule has 51 heavy (non-hydrogen) atoms. The molecule has 0 aromatic heterocycles. The largest absolute Gasteiger partial charge is 0.456 e. The van der Waals surface area contributed by atoms with Gasteiger partial charge in [-0.3, -0.25) is 4.79 Å². The molecule has 0 fully saturated rings. The number of hydrogen-bond acceptors (Lipinski definition) is 9. The maximum atomic E-state index is 13.4. The number of aliphatic hydroxyl groups excluding tert-OH is 1. The number of amides is 1. The Balaban J connectivity index is 1.20. The Bertz CT molecular complexity index is 1960. The minimum atomic E-state index is -4.17. The number of anilines is 2. The normalized spacial score (nSPS) is 11.2. The van der Waals surface area contributed by atoms with Gasteiger partial charge in [0.15, 0.2) is 0 Å². The van der Waals surface area contributed by atoms with Crippen LogP contribution in [0.1, 0.15) is 22.3 Å². The van der Waals surface area contributed by atoms with Gasteiger partial charge in [0, 0.05) is 55.2 Å². The fourth-order valence-electron chi connectivity index (χ4n) is 5.26. The number of sulfonamides is 1. The molecule has 10 nitrogen and oxygen atoms in total. The van der Waals surface area contributed by atoms with Gasteiger partial charge in [-0.25, -0.2) is 13.1 Å². The number of ether oxygens (including phenoxy) is 1. The zero-order valence-corrected chi connectivity index (χ0v) is 29.6. The zero-order chi connectivity index (χ0) is 35.9. The van der Waals surface area contributed by atoms with E-state index in [4.69, 9.17) is 21.4 Å². The molecule has 0 aliphatic carbocycles. The van der Waals surface area contributed by atoms with Crippen LogP contribution in [0.5, 0.6) is 11.5 Å². The van der Waals surface area contributed by atoms with E-state index in [0.29, 0.717) is 49.2 Å². The predicted octanol–water partition coefficient (Wildman–Crippen LogP) is 6.50. The smallest absolute Gasteiger partial charge is 0.268 e. The molecule has 0 heterocycles. The molecule has 5 rings (SSSR count). The third kappa shape index (κ3) is 11.3. The number of nitrogens with one attached hydrogen (secondary N) is 5. The zero-order valence-electron chi connectivity index (χ0n) is 28.1. The van der Waals surface area contributed by atoms with Crippen LogP contribution in [0, 0.1) is 0 Å². The molecular weight excluding hydrogens is 686 g/mol. The van der Waals surface area contributed by atoms with E-state index in [-0.39, 0.29) is 22.8 Å². The lowest BCUT2D eigenvalue weighted by molar-refractivity contribution is 0.0979. The Kier molecular flexibility index (Phi) is 13.8. The second-order valence-electron chi connectivity index (χ2n) is 11.6. The van der Waals surface area contributed by atoms with Crippen molar-refractivity contribution in [3.63, 3.8) is 0 Å². The first kappa shape index (κ1) is 37.3. The molecule has 0 spiro atoms. The number of para-hydroxylation sites is 1. The Morgan fingerprint density at radius 3 is 2.18 bits per heavy atom. The third-order valence-corrected chi connectivity index (χ3v) is 9.45. The summed E-state index contributed by atoms with van der Waals surface area (Å²) in [5.74, 6) is -0.109. The van der Waals surface area contributed by atoms with Gasteiger partial charge in [-0.2, -0.15) is 0 Å². The summed E-state index contributed by atoms with van der Waals surface area (Å²) in [6, 6.07) is 36.1. The molecule has 0 radical (unpaired) electrons. The van der Waals surface area contributed by atoms with Gasteiger partial charge < -0.3 is 31.1 Å². The molecule has 0 saturated heterocycles. The van der Waals surface area contributed by atoms with Gasteiger partial charge in [0.25, 0.3) is 15.9 Å². The molecule has 5 aromatic rings. The van der Waals surface area contributed by atoms with Crippen molar-refractivity contribution < 1.29 is 23.1 Å². The van der Waals surface area contributed by atoms with E-state index in [2.05, 4.69) is 38.1 Å². The number of rotatable bonds is 19. The molecule has 1 amide bonds. The molecular formula is C39H42ClN5O5S. The third-order valence-electron chi connectivity index (χ3n) is 7.86. The molecule has 0 bridgehead atoms. The number of carbonyl (C=O) groups excluding carboxylic acids is 1. The first-order chi connectivity index (χ1) is 24.8. The fraction of sp³-hybridized carbons (Fsp3) is 0.205. The SMILES string of the molecule is O=C(NS(=O)(=O)c1ccc(NCCCNCCO)cc1)c1ccc(NCCNCc2ccccc2-c2ccc(Cl)cc2)cc1Oc1ccccc1. The molecule has 0 aliphatic rings. The number of halogens is 1. The van der Waals surface area contributed by atoms with Crippen LogP contribution >= 0.6 is 11.6 Å². The Morgan fingerprint density at radius 1 is 0.706 bits per heavy atom. The summed E-state index contributed by atoms with van der Waals surface area (Å²) in [7, 11) is -4.17. The second kappa shape index (κ2) is 18.9. The van der Waals surface area contributed by atoms with Gasteiger partial charge in [-0.15, -0.1) is 0 Å². The summed E-state index contributed by atoms with van der Waals surface area (Å²) in [6.07, 6.45) is 0.829. The monoisotopic (exact) mass is 727 g/mol. The molecule has 0 atom stereocenters. The van der Waals surface area contributed by atoms with E-state index in [9.17, 15) is 13.2 Å². The molecule has 0 unspecified atom stereocenters. The molecule has 6 N–H and O–H groups in total. The number of carbonyl (C=O) groups is 1. The van der Waals surface area contributed by atoms with Crippen LogP contribution in [0.2, 0.25) is 5.02 Å². The second-order valence-corrected chi connectivity index (χ2v) is 13.7. The number of aliphatic hydroxyl groups is 1. The van der Waals surface area contributed by atoms with Crippen LogP contribution in [-0.4, -0.2) is 58.8 Å². The van der Waals surface area contributed by atoms with Crippen molar-refractivity contribution in [3.05, 3.63) is 137 Å². The van der Waals surface area contributed by atoms with E-state index in [1.807, 2.05) is 54.6 Å². The van der Waals surface area contributed by atoms with E-state index in [1.54, 1.807) is 42.5 Å². The number of benzene rings is 5. The average molecular weight is 728 g/mol. The fourth-order valence-corrected chi connectivity index (χ4v) is 6.35. The maximum absolute atomic E-state index is 13.4. The average Bonchev–Trinajstić information content (AvgIpc) is 3.14. The summed E-state index contributed by atoms with van der Waals surface area (Å²) in [6.45, 7) is 3.95. The summed E-state index contributed by atoms with van der Waals surface area (Å²) in [5, 5.41) is 22.7. The lowest BCUT2D eigenvalue weighted by atomic mass is 10.00. The van der Waals surface area contributed by atoms with Crippen molar-refractivity contribution in [3.8, 4) is 22.6 Å². The van der Waals surface area contributed by atoms with E-state index < -0.39 is 15.9 Å². The van der Waals surface area contributed by atoms with Crippen molar-refractivity contribution in [2.75, 3.05) is 50.0 Å². The minimum Gasteiger partial charge on any atom is -0.456 e. The summed E-state index contributed by atoms with van der Waals surface area (Å²) in [4.78, 5) is 13.4. The molecule has 0 saturated carbocycles. The van der Waals surface area contributed by atoms with Crippen LogP contribution in [-0.2, 0) is 16.6 Å². The minimum absolute atomic E-state index is 0.0434. The predicted molar refractivity (Wildman–Crippen MR) is 204 cm³/mol. The van der Waals surface area contributed by atoms with Crippen LogP contribution in [0.3, 0.4) is 0 Å². The van der Waals surface area contributed by atoms with Gasteiger partial charge in [-0.05, 0) is 90.3 Å². The van der Waals surface area contributed by atoms with Crippen molar-refractivity contribution in [2.45, 2.75) is 17.9 Å². The van der Waals surface area contributed by atoms with E-state index in [0.717, 1.165) is 35.3 Å². The van der Waals surface area contributed by atoms with Crippen LogP contribution in [0.4, 0.5) is 11.4 Å². The van der Waals surface area contributed by atoms with Crippen molar-refractivity contribution in [1.82, 2.24) is 15.4 Å². The highest BCUT2D eigenvalue weighted by Gasteiger charge is 2.22. The van der Waals surface area contributed by atoms with Crippen LogP contribution < -0.4 is 30.7 Å². The maximum Gasteiger partial charge on any atom is 0.268 e. The van der Waals surface area contributed by atoms with Crippen molar-refractivity contribution in [2.24, 2.45) is 0 Å². The van der Waals surface area contributed by atoms with Gasteiger partial charge >= 0.3 is 0 Å². The standard InChI is InChI=1S/C39H42ClN5O5S/c40-31-13-11-29(12-14-31)36-10-5-4-7-30(36)28-42-23-24-44-33-17-20-37(38(27-33)50-34-8-2-1-3-9-34)39(47)45-51(48,49)35-18-15-32(16-19-35)43-22-6-21-41-25-26-46/h1-5,7-20,27,41-44,46H,6,21-26,28H2,(H,45,47). The van der Waals surface area contributed by atoms with Gasteiger partial charge in [0.05, 0.1) is 17.1 Å². The first-order valence-corrected chi connectivity index (χ1v) is 18.6. The Labute approximate surface area is 304 Å². The number of hydrogen-bond donors (Lipinski definition) is 6. The molecule has 5 aromatic carbocycles. The first-order valence-electron chi connectivity index (χ1n) is 16.7. The molecule has 12 heteroatoms. The summed E-state index contributed by atoms with van der Waals surface area (Å²) < 4.78 is 34.7. The van der Waals surface area contributed by atoms with Crippen molar-refractivity contribution in [1.29, 1.82) is 0 Å². The topological polar surface area (TPSA) is 141 Å². The van der Waals surface area contributed by atoms with E-state index in [1.165, 1.54) is 12.1 Å². The van der Waals surface area contributed by atoms with Gasteiger partial charge in [0.2, 0.25) is 0 Å². The van der Waals surface area contributed by atoms with Gasteiger partial charge in [-0.1, -0.05) is 66.2 Å². The summed E-state index contributed by atoms with van der Waals surface area (Å²) in [5.41, 5.74) is 4.92.